The Hall–Kier alpha value is -2.52. The van der Waals surface area contributed by atoms with Crippen LogP contribution in [-0.4, -0.2) is 11.1 Å². The van der Waals surface area contributed by atoms with Crippen molar-refractivity contribution in [2.75, 3.05) is 0 Å². The van der Waals surface area contributed by atoms with Crippen molar-refractivity contribution in [3.63, 3.8) is 0 Å². The summed E-state index contributed by atoms with van der Waals surface area (Å²) < 4.78 is 5.80. The minimum absolute atomic E-state index is 0.0374. The number of hydrogen-bond donors (Lipinski definition) is 1. The number of halogens is 1. The summed E-state index contributed by atoms with van der Waals surface area (Å²) in [7, 11) is 0. The Balaban J connectivity index is 2.09. The highest BCUT2D eigenvalue weighted by atomic mass is 35.5. The van der Waals surface area contributed by atoms with Crippen molar-refractivity contribution in [1.29, 1.82) is 0 Å². The van der Waals surface area contributed by atoms with Crippen LogP contribution < -0.4 is 4.74 Å². The fraction of sp³-hybridized carbons (Fsp3) is 0. The molecule has 0 fully saturated rings. The zero-order valence-corrected chi connectivity index (χ0v) is 11.7. The van der Waals surface area contributed by atoms with Crippen LogP contribution in [-0.2, 0) is 0 Å². The van der Waals surface area contributed by atoms with E-state index in [9.17, 15) is 9.90 Å². The Morgan fingerprint density at radius 1 is 0.952 bits per heavy atom. The minimum atomic E-state index is -1.08. The SMILES string of the molecule is O=C(O)c1cc(Cl)ccc1Oc1cccc2ccccc12. The Morgan fingerprint density at radius 2 is 1.71 bits per heavy atom. The molecule has 0 aliphatic carbocycles. The summed E-state index contributed by atoms with van der Waals surface area (Å²) in [4.78, 5) is 11.3. The van der Waals surface area contributed by atoms with E-state index < -0.39 is 5.97 Å². The van der Waals surface area contributed by atoms with Gasteiger partial charge in [-0.05, 0) is 29.7 Å². The second kappa shape index (κ2) is 5.46. The number of carboxylic acid groups (broad SMARTS) is 1. The van der Waals surface area contributed by atoms with Crippen molar-refractivity contribution in [3.8, 4) is 11.5 Å². The summed E-state index contributed by atoms with van der Waals surface area (Å²) in [6.07, 6.45) is 0. The maximum absolute atomic E-state index is 11.3. The predicted octanol–water partition coefficient (Wildman–Crippen LogP) is 4.98. The number of rotatable bonds is 3. The molecule has 0 unspecified atom stereocenters. The number of aromatic carboxylic acids is 1. The van der Waals surface area contributed by atoms with Gasteiger partial charge in [0.25, 0.3) is 0 Å². The molecule has 0 aliphatic rings. The summed E-state index contributed by atoms with van der Waals surface area (Å²) in [5, 5.41) is 11.6. The maximum atomic E-state index is 11.3. The van der Waals surface area contributed by atoms with Crippen molar-refractivity contribution < 1.29 is 14.6 Å². The Bertz CT molecular complexity index is 822. The van der Waals surface area contributed by atoms with Gasteiger partial charge in [-0.3, -0.25) is 0 Å². The zero-order chi connectivity index (χ0) is 14.8. The van der Waals surface area contributed by atoms with Gasteiger partial charge in [0.2, 0.25) is 0 Å². The Labute approximate surface area is 126 Å². The number of fused-ring (bicyclic) bond motifs is 1. The van der Waals surface area contributed by atoms with Crippen LogP contribution in [0.3, 0.4) is 0 Å². The fourth-order valence-electron chi connectivity index (χ4n) is 2.16. The molecule has 3 rings (SSSR count). The van der Waals surface area contributed by atoms with Crippen LogP contribution in [0.2, 0.25) is 5.02 Å². The summed E-state index contributed by atoms with van der Waals surface area (Å²) in [5.74, 6) is -0.200. The average molecular weight is 299 g/mol. The Kier molecular flexibility index (Phi) is 3.50. The molecule has 3 aromatic rings. The van der Waals surface area contributed by atoms with Crippen LogP contribution in [0.1, 0.15) is 10.4 Å². The first-order valence-corrected chi connectivity index (χ1v) is 6.71. The largest absolute Gasteiger partial charge is 0.478 e. The smallest absolute Gasteiger partial charge is 0.339 e. The van der Waals surface area contributed by atoms with Crippen molar-refractivity contribution in [2.24, 2.45) is 0 Å². The first-order chi connectivity index (χ1) is 10.1. The molecule has 0 spiro atoms. The van der Waals surface area contributed by atoms with E-state index in [4.69, 9.17) is 16.3 Å². The Morgan fingerprint density at radius 3 is 2.52 bits per heavy atom. The van der Waals surface area contributed by atoms with E-state index in [-0.39, 0.29) is 11.3 Å². The zero-order valence-electron chi connectivity index (χ0n) is 10.9. The van der Waals surface area contributed by atoms with Gasteiger partial charge >= 0.3 is 5.97 Å². The predicted molar refractivity (Wildman–Crippen MR) is 82.4 cm³/mol. The van der Waals surface area contributed by atoms with Gasteiger partial charge in [-0.25, -0.2) is 4.79 Å². The van der Waals surface area contributed by atoms with Crippen molar-refractivity contribution in [1.82, 2.24) is 0 Å². The van der Waals surface area contributed by atoms with Gasteiger partial charge in [0.15, 0.2) is 0 Å². The summed E-state index contributed by atoms with van der Waals surface area (Å²) >= 11 is 5.84. The van der Waals surface area contributed by atoms with E-state index in [2.05, 4.69) is 0 Å². The molecule has 3 aromatic carbocycles. The van der Waals surface area contributed by atoms with E-state index in [1.807, 2.05) is 42.5 Å². The molecule has 0 atom stereocenters. The number of hydrogen-bond acceptors (Lipinski definition) is 2. The molecule has 4 heteroatoms. The highest BCUT2D eigenvalue weighted by molar-refractivity contribution is 6.31. The first kappa shape index (κ1) is 13.5. The third-order valence-corrected chi connectivity index (χ3v) is 3.38. The van der Waals surface area contributed by atoms with Crippen molar-refractivity contribution in [3.05, 3.63) is 71.2 Å². The average Bonchev–Trinajstić information content (AvgIpc) is 2.49. The normalized spacial score (nSPS) is 10.5. The molecular formula is C17H11ClO3. The number of benzene rings is 3. The van der Waals surface area contributed by atoms with Crippen LogP contribution in [0.25, 0.3) is 10.8 Å². The first-order valence-electron chi connectivity index (χ1n) is 6.33. The molecule has 0 bridgehead atoms. The van der Waals surface area contributed by atoms with E-state index in [0.717, 1.165) is 10.8 Å². The van der Waals surface area contributed by atoms with Gasteiger partial charge in [-0.1, -0.05) is 48.0 Å². The fourth-order valence-corrected chi connectivity index (χ4v) is 2.33. The van der Waals surface area contributed by atoms with Crippen molar-refractivity contribution >= 4 is 28.3 Å². The van der Waals surface area contributed by atoms with E-state index >= 15 is 0 Å². The third kappa shape index (κ3) is 2.69. The molecule has 104 valence electrons. The lowest BCUT2D eigenvalue weighted by Gasteiger charge is -2.11. The molecule has 21 heavy (non-hydrogen) atoms. The van der Waals surface area contributed by atoms with Crippen LogP contribution >= 0.6 is 11.6 Å². The molecule has 0 radical (unpaired) electrons. The molecule has 0 amide bonds. The molecule has 0 aromatic heterocycles. The van der Waals surface area contributed by atoms with Crippen LogP contribution in [0.5, 0.6) is 11.5 Å². The number of carboxylic acids is 1. The topological polar surface area (TPSA) is 46.5 Å². The lowest BCUT2D eigenvalue weighted by molar-refractivity contribution is 0.0694. The molecule has 0 aliphatic heterocycles. The van der Waals surface area contributed by atoms with Gasteiger partial charge in [0.1, 0.15) is 17.1 Å². The highest BCUT2D eigenvalue weighted by Gasteiger charge is 2.13. The minimum Gasteiger partial charge on any atom is -0.478 e. The molecule has 1 N–H and O–H groups in total. The van der Waals surface area contributed by atoms with Gasteiger partial charge in [-0.2, -0.15) is 0 Å². The van der Waals surface area contributed by atoms with Crippen LogP contribution in [0.15, 0.2) is 60.7 Å². The molecular weight excluding hydrogens is 288 g/mol. The van der Waals surface area contributed by atoms with E-state index in [1.165, 1.54) is 6.07 Å². The van der Waals surface area contributed by atoms with Gasteiger partial charge in [0.05, 0.1) is 0 Å². The third-order valence-electron chi connectivity index (χ3n) is 3.14. The second-order valence-electron chi connectivity index (χ2n) is 4.52. The molecule has 0 heterocycles. The van der Waals surface area contributed by atoms with Gasteiger partial charge < -0.3 is 9.84 Å². The number of ether oxygens (including phenoxy) is 1. The van der Waals surface area contributed by atoms with Gasteiger partial charge in [0, 0.05) is 10.4 Å². The monoisotopic (exact) mass is 298 g/mol. The van der Waals surface area contributed by atoms with Crippen molar-refractivity contribution in [2.45, 2.75) is 0 Å². The lowest BCUT2D eigenvalue weighted by atomic mass is 10.1. The van der Waals surface area contributed by atoms with Crippen LogP contribution in [0, 0.1) is 0 Å². The van der Waals surface area contributed by atoms with Gasteiger partial charge in [-0.15, -0.1) is 0 Å². The second-order valence-corrected chi connectivity index (χ2v) is 4.96. The van der Waals surface area contributed by atoms with Crippen LogP contribution in [0.4, 0.5) is 0 Å². The molecule has 3 nitrogen and oxygen atoms in total. The summed E-state index contributed by atoms with van der Waals surface area (Å²) in [6.45, 7) is 0. The quantitative estimate of drug-likeness (QED) is 0.741. The summed E-state index contributed by atoms with van der Waals surface area (Å²) in [6, 6.07) is 18.0. The lowest BCUT2D eigenvalue weighted by Crippen LogP contribution is -2.00. The molecule has 0 saturated carbocycles. The summed E-state index contributed by atoms with van der Waals surface area (Å²) in [5.41, 5.74) is 0.0374. The maximum Gasteiger partial charge on any atom is 0.339 e. The number of carbonyl (C=O) groups is 1. The standard InChI is InChI=1S/C17H11ClO3/c18-12-8-9-16(14(10-12)17(19)20)21-15-7-3-5-11-4-1-2-6-13(11)15/h1-10H,(H,19,20). The highest BCUT2D eigenvalue weighted by Crippen LogP contribution is 2.32. The molecule has 0 saturated heterocycles. The van der Waals surface area contributed by atoms with E-state index in [0.29, 0.717) is 10.8 Å². The van der Waals surface area contributed by atoms with E-state index in [1.54, 1.807) is 12.1 Å².